The molecule has 4 heteroatoms. The number of pyridine rings is 1. The summed E-state index contributed by atoms with van der Waals surface area (Å²) in [6.07, 6.45) is 5.70. The molecule has 0 atom stereocenters. The number of carbonyl (C=O) groups is 1. The molecule has 0 aromatic carbocycles. The molecule has 1 heterocycles. The second-order valence-corrected chi connectivity index (χ2v) is 7.45. The summed E-state index contributed by atoms with van der Waals surface area (Å²) in [4.78, 5) is 23.9. The minimum absolute atomic E-state index is 0.000285. The van der Waals surface area contributed by atoms with Gasteiger partial charge in [-0.3, -0.25) is 9.59 Å². The van der Waals surface area contributed by atoms with Gasteiger partial charge in [0.15, 0.2) is 0 Å². The molecule has 0 amide bonds. The number of aromatic nitrogens is 1. The Balaban J connectivity index is 1.86. The highest BCUT2D eigenvalue weighted by molar-refractivity contribution is 5.69. The van der Waals surface area contributed by atoms with Crippen LogP contribution in [0.3, 0.4) is 0 Å². The minimum atomic E-state index is -0.313. The van der Waals surface area contributed by atoms with Gasteiger partial charge in [-0.1, -0.05) is 26.8 Å². The second kappa shape index (κ2) is 6.67. The highest BCUT2D eigenvalue weighted by Gasteiger charge is 2.31. The van der Waals surface area contributed by atoms with Gasteiger partial charge < -0.3 is 9.30 Å². The van der Waals surface area contributed by atoms with E-state index >= 15 is 0 Å². The van der Waals surface area contributed by atoms with Crippen molar-refractivity contribution in [3.8, 4) is 0 Å². The van der Waals surface area contributed by atoms with E-state index in [1.807, 2.05) is 0 Å². The van der Waals surface area contributed by atoms with Crippen LogP contribution >= 0.6 is 0 Å². The molecule has 1 saturated carbocycles. The van der Waals surface area contributed by atoms with E-state index < -0.39 is 0 Å². The van der Waals surface area contributed by atoms with Gasteiger partial charge in [-0.15, -0.1) is 0 Å². The molecule has 0 spiro atoms. The van der Waals surface area contributed by atoms with Gasteiger partial charge in [-0.25, -0.2) is 0 Å². The van der Waals surface area contributed by atoms with Crippen molar-refractivity contribution in [2.75, 3.05) is 0 Å². The van der Waals surface area contributed by atoms with Gasteiger partial charge in [0, 0.05) is 11.8 Å². The Hall–Kier alpha value is -1.58. The van der Waals surface area contributed by atoms with Crippen LogP contribution < -0.4 is 5.56 Å². The van der Waals surface area contributed by atoms with Gasteiger partial charge in [0.25, 0.3) is 5.56 Å². The van der Waals surface area contributed by atoms with Crippen LogP contribution in [0.2, 0.25) is 0 Å². The monoisotopic (exact) mass is 305 g/mol. The normalized spacial score (nSPS) is 22.4. The maximum absolute atomic E-state index is 12.0. The molecule has 0 saturated heterocycles. The first kappa shape index (κ1) is 16.8. The van der Waals surface area contributed by atoms with Crippen molar-refractivity contribution in [3.63, 3.8) is 0 Å². The molecule has 2 rings (SSSR count). The molecule has 1 aliphatic rings. The van der Waals surface area contributed by atoms with E-state index in [0.29, 0.717) is 16.9 Å². The quantitative estimate of drug-likeness (QED) is 0.805. The lowest BCUT2D eigenvalue weighted by molar-refractivity contribution is -0.152. The van der Waals surface area contributed by atoms with Crippen LogP contribution in [-0.2, 0) is 16.1 Å². The third-order valence-electron chi connectivity index (χ3n) is 4.71. The number of nitrogens with zero attached hydrogens (tertiary/aromatic N) is 1. The summed E-state index contributed by atoms with van der Waals surface area (Å²) in [6, 6.07) is 3.52. The first-order valence-corrected chi connectivity index (χ1v) is 8.13. The second-order valence-electron chi connectivity index (χ2n) is 7.45. The SMILES string of the molecule is Cc1cccn(CC(=O)OC2CCC(C(C)(C)C)CC2)c1=O. The molecular formula is C18H27NO3. The van der Waals surface area contributed by atoms with Crippen molar-refractivity contribution in [3.05, 3.63) is 34.2 Å². The third-order valence-corrected chi connectivity index (χ3v) is 4.71. The van der Waals surface area contributed by atoms with Gasteiger partial charge in [0.2, 0.25) is 0 Å². The van der Waals surface area contributed by atoms with Crippen LogP contribution in [0, 0.1) is 18.3 Å². The summed E-state index contributed by atoms with van der Waals surface area (Å²) in [7, 11) is 0. The smallest absolute Gasteiger partial charge is 0.326 e. The molecule has 0 aliphatic heterocycles. The molecule has 1 fully saturated rings. The van der Waals surface area contributed by atoms with Crippen molar-refractivity contribution in [1.82, 2.24) is 4.57 Å². The van der Waals surface area contributed by atoms with E-state index in [1.165, 1.54) is 4.57 Å². The predicted molar refractivity (Wildman–Crippen MR) is 86.7 cm³/mol. The Morgan fingerprint density at radius 3 is 2.50 bits per heavy atom. The predicted octanol–water partition coefficient (Wildman–Crippen LogP) is 3.30. The Bertz CT molecular complexity index is 575. The Morgan fingerprint density at radius 1 is 1.27 bits per heavy atom. The Kier molecular flexibility index (Phi) is 5.09. The minimum Gasteiger partial charge on any atom is -0.461 e. The summed E-state index contributed by atoms with van der Waals surface area (Å²) < 4.78 is 6.97. The highest BCUT2D eigenvalue weighted by atomic mass is 16.5. The van der Waals surface area contributed by atoms with Crippen LogP contribution in [-0.4, -0.2) is 16.6 Å². The topological polar surface area (TPSA) is 48.3 Å². The maximum atomic E-state index is 12.0. The number of esters is 1. The number of hydrogen-bond acceptors (Lipinski definition) is 3. The van der Waals surface area contributed by atoms with Crippen LogP contribution in [0.25, 0.3) is 0 Å². The lowest BCUT2D eigenvalue weighted by atomic mass is 9.72. The summed E-state index contributed by atoms with van der Waals surface area (Å²) in [5.74, 6) is 0.383. The molecule has 0 bridgehead atoms. The number of aryl methyl sites for hydroxylation is 1. The lowest BCUT2D eigenvalue weighted by Crippen LogP contribution is -2.32. The van der Waals surface area contributed by atoms with E-state index in [9.17, 15) is 9.59 Å². The number of hydrogen-bond donors (Lipinski definition) is 0. The van der Waals surface area contributed by atoms with Crippen molar-refractivity contribution in [1.29, 1.82) is 0 Å². The zero-order valence-corrected chi connectivity index (χ0v) is 14.1. The maximum Gasteiger partial charge on any atom is 0.326 e. The number of rotatable bonds is 3. The molecule has 0 unspecified atom stereocenters. The van der Waals surface area contributed by atoms with Crippen LogP contribution in [0.4, 0.5) is 0 Å². The summed E-state index contributed by atoms with van der Waals surface area (Å²) in [5, 5.41) is 0. The molecule has 122 valence electrons. The first-order chi connectivity index (χ1) is 10.3. The Morgan fingerprint density at radius 2 is 1.91 bits per heavy atom. The molecule has 22 heavy (non-hydrogen) atoms. The molecule has 1 aliphatic carbocycles. The summed E-state index contributed by atoms with van der Waals surface area (Å²) in [6.45, 7) is 8.56. The van der Waals surface area contributed by atoms with Gasteiger partial charge in [-0.2, -0.15) is 0 Å². The zero-order chi connectivity index (χ0) is 16.3. The van der Waals surface area contributed by atoms with Crippen molar-refractivity contribution < 1.29 is 9.53 Å². The first-order valence-electron chi connectivity index (χ1n) is 8.13. The van der Waals surface area contributed by atoms with Crippen molar-refractivity contribution >= 4 is 5.97 Å². The van der Waals surface area contributed by atoms with Gasteiger partial charge >= 0.3 is 5.97 Å². The van der Waals surface area contributed by atoms with Gasteiger partial charge in [0.05, 0.1) is 0 Å². The largest absolute Gasteiger partial charge is 0.461 e. The molecule has 4 nitrogen and oxygen atoms in total. The van der Waals surface area contributed by atoms with E-state index in [-0.39, 0.29) is 24.2 Å². The van der Waals surface area contributed by atoms with Crippen LogP contribution in [0.15, 0.2) is 23.1 Å². The zero-order valence-electron chi connectivity index (χ0n) is 14.1. The molecular weight excluding hydrogens is 278 g/mol. The lowest BCUT2D eigenvalue weighted by Gasteiger charge is -2.36. The Labute approximate surface area is 132 Å². The average molecular weight is 305 g/mol. The van der Waals surface area contributed by atoms with Gasteiger partial charge in [0.1, 0.15) is 12.6 Å². The fourth-order valence-corrected chi connectivity index (χ4v) is 3.19. The van der Waals surface area contributed by atoms with E-state index in [2.05, 4.69) is 20.8 Å². The summed E-state index contributed by atoms with van der Waals surface area (Å²) >= 11 is 0. The van der Waals surface area contributed by atoms with E-state index in [4.69, 9.17) is 4.74 Å². The molecule has 1 aromatic heterocycles. The fourth-order valence-electron chi connectivity index (χ4n) is 3.19. The van der Waals surface area contributed by atoms with Crippen molar-refractivity contribution in [2.24, 2.45) is 11.3 Å². The van der Waals surface area contributed by atoms with Gasteiger partial charge in [-0.05, 0) is 50.0 Å². The fraction of sp³-hybridized carbons (Fsp3) is 0.667. The standard InChI is InChI=1S/C18H27NO3/c1-13-6-5-11-19(17(13)21)12-16(20)22-15-9-7-14(8-10-15)18(2,3)4/h5-6,11,14-15H,7-10,12H2,1-4H3. The average Bonchev–Trinajstić information content (AvgIpc) is 2.43. The van der Waals surface area contributed by atoms with Crippen LogP contribution in [0.1, 0.15) is 52.0 Å². The van der Waals surface area contributed by atoms with Crippen LogP contribution in [0.5, 0.6) is 0 Å². The van der Waals surface area contributed by atoms with Crippen molar-refractivity contribution in [2.45, 2.75) is 66.0 Å². The van der Waals surface area contributed by atoms with E-state index in [1.54, 1.807) is 25.3 Å². The number of carbonyl (C=O) groups excluding carboxylic acids is 1. The highest BCUT2D eigenvalue weighted by Crippen LogP contribution is 2.38. The third kappa shape index (κ3) is 4.21. The summed E-state index contributed by atoms with van der Waals surface area (Å²) in [5.41, 5.74) is 0.834. The number of ether oxygens (including phenoxy) is 1. The molecule has 0 radical (unpaired) electrons. The molecule has 1 aromatic rings. The van der Waals surface area contributed by atoms with E-state index in [0.717, 1.165) is 25.7 Å². The molecule has 0 N–H and O–H groups in total.